The van der Waals surface area contributed by atoms with Gasteiger partial charge in [-0.1, -0.05) is 18.2 Å². The second-order valence-electron chi connectivity index (χ2n) is 4.27. The number of para-hydroxylation sites is 1. The topological polar surface area (TPSA) is 96.3 Å². The van der Waals surface area contributed by atoms with E-state index in [0.717, 1.165) is 0 Å². The molecule has 0 aliphatic carbocycles. The Morgan fingerprint density at radius 3 is 2.59 bits per heavy atom. The number of methoxy groups -OCH3 is 1. The molecule has 0 unspecified atom stereocenters. The molecule has 6 nitrogen and oxygen atoms in total. The van der Waals surface area contributed by atoms with Crippen LogP contribution in [0.3, 0.4) is 0 Å². The van der Waals surface area contributed by atoms with Crippen LogP contribution >= 0.6 is 0 Å². The van der Waals surface area contributed by atoms with Crippen molar-refractivity contribution in [2.75, 3.05) is 7.11 Å². The molecule has 0 aliphatic rings. The summed E-state index contributed by atoms with van der Waals surface area (Å²) in [5.74, 6) is -0.541. The van der Waals surface area contributed by atoms with Crippen LogP contribution in [0.25, 0.3) is 0 Å². The Morgan fingerprint density at radius 2 is 1.91 bits per heavy atom. The number of sulfonamides is 1. The molecule has 0 radical (unpaired) electrons. The minimum absolute atomic E-state index is 0.102. The first-order chi connectivity index (χ1) is 10.5. The van der Waals surface area contributed by atoms with E-state index in [1.165, 1.54) is 37.4 Å². The normalized spacial score (nSPS) is 10.5. The number of ether oxygens (including phenoxy) is 1. The summed E-state index contributed by atoms with van der Waals surface area (Å²) >= 11 is 0. The quantitative estimate of drug-likeness (QED) is 0.926. The zero-order valence-electron chi connectivity index (χ0n) is 11.6. The number of hydrogen-bond donors (Lipinski definition) is 1. The number of nitrogens with zero attached hydrogens (tertiary/aromatic N) is 1. The molecule has 0 spiro atoms. The van der Waals surface area contributed by atoms with Crippen molar-refractivity contribution in [3.05, 3.63) is 59.7 Å². The van der Waals surface area contributed by atoms with Crippen molar-refractivity contribution in [2.45, 2.75) is 4.90 Å². The van der Waals surface area contributed by atoms with E-state index in [4.69, 9.17) is 10.00 Å². The fourth-order valence-corrected chi connectivity index (χ4v) is 2.81. The van der Waals surface area contributed by atoms with E-state index in [2.05, 4.69) is 0 Å². The number of nitriles is 1. The van der Waals surface area contributed by atoms with E-state index in [0.29, 0.717) is 0 Å². The van der Waals surface area contributed by atoms with Gasteiger partial charge in [-0.2, -0.15) is 5.26 Å². The summed E-state index contributed by atoms with van der Waals surface area (Å²) in [5.41, 5.74) is 0.289. The Kier molecular flexibility index (Phi) is 4.44. The smallest absolute Gasteiger partial charge is 0.268 e. The lowest BCUT2D eigenvalue weighted by Gasteiger charge is -2.10. The molecule has 112 valence electrons. The maximum absolute atomic E-state index is 12.2. The van der Waals surface area contributed by atoms with Crippen LogP contribution in [0, 0.1) is 11.3 Å². The van der Waals surface area contributed by atoms with E-state index >= 15 is 0 Å². The molecule has 2 rings (SSSR count). The summed E-state index contributed by atoms with van der Waals surface area (Å²) in [6, 6.07) is 13.5. The van der Waals surface area contributed by atoms with Crippen molar-refractivity contribution in [3.8, 4) is 11.8 Å². The minimum atomic E-state index is -4.07. The van der Waals surface area contributed by atoms with Gasteiger partial charge in [0.2, 0.25) is 0 Å². The zero-order chi connectivity index (χ0) is 16.2. The van der Waals surface area contributed by atoms with Crippen LogP contribution in [-0.2, 0) is 10.0 Å². The Morgan fingerprint density at radius 1 is 1.18 bits per heavy atom. The van der Waals surface area contributed by atoms with Crippen LogP contribution in [0.1, 0.15) is 15.9 Å². The predicted octanol–water partition coefficient (Wildman–Crippen LogP) is 1.69. The molecule has 1 amide bonds. The fourth-order valence-electron chi connectivity index (χ4n) is 1.80. The summed E-state index contributed by atoms with van der Waals surface area (Å²) in [5, 5.41) is 8.81. The number of benzene rings is 2. The van der Waals surface area contributed by atoms with Gasteiger partial charge in [0, 0.05) is 0 Å². The molecular formula is C15H12N2O4S. The lowest BCUT2D eigenvalue weighted by Crippen LogP contribution is -2.30. The van der Waals surface area contributed by atoms with Crippen molar-refractivity contribution in [2.24, 2.45) is 0 Å². The summed E-state index contributed by atoms with van der Waals surface area (Å²) in [6.45, 7) is 0. The van der Waals surface area contributed by atoms with Gasteiger partial charge in [-0.05, 0) is 30.3 Å². The maximum Gasteiger partial charge on any atom is 0.268 e. The minimum Gasteiger partial charge on any atom is -0.496 e. The molecule has 0 heterocycles. The average molecular weight is 316 g/mol. The Bertz CT molecular complexity index is 854. The highest BCUT2D eigenvalue weighted by Crippen LogP contribution is 2.18. The van der Waals surface area contributed by atoms with Gasteiger partial charge in [0.25, 0.3) is 15.9 Å². The monoisotopic (exact) mass is 316 g/mol. The highest BCUT2D eigenvalue weighted by molar-refractivity contribution is 7.90. The van der Waals surface area contributed by atoms with Crippen LogP contribution < -0.4 is 9.46 Å². The number of hydrogen-bond acceptors (Lipinski definition) is 5. The third-order valence-corrected chi connectivity index (χ3v) is 4.18. The first-order valence-corrected chi connectivity index (χ1v) is 7.66. The fraction of sp³-hybridized carbons (Fsp3) is 0.0667. The molecular weight excluding hydrogens is 304 g/mol. The average Bonchev–Trinajstić information content (AvgIpc) is 2.54. The molecule has 1 N–H and O–H groups in total. The Balaban J connectivity index is 2.32. The van der Waals surface area contributed by atoms with Gasteiger partial charge in [0.05, 0.1) is 29.2 Å². The molecule has 2 aromatic rings. The number of carbonyl (C=O) groups is 1. The summed E-state index contributed by atoms with van der Waals surface area (Å²) in [4.78, 5) is 12.0. The summed E-state index contributed by atoms with van der Waals surface area (Å²) in [6.07, 6.45) is 0. The largest absolute Gasteiger partial charge is 0.496 e. The maximum atomic E-state index is 12.2. The van der Waals surface area contributed by atoms with Crippen LogP contribution in [0.2, 0.25) is 0 Å². The van der Waals surface area contributed by atoms with Gasteiger partial charge in [-0.3, -0.25) is 4.79 Å². The van der Waals surface area contributed by atoms with Crippen molar-refractivity contribution in [1.82, 2.24) is 4.72 Å². The van der Waals surface area contributed by atoms with Crippen LogP contribution in [0.15, 0.2) is 53.4 Å². The first kappa shape index (κ1) is 15.5. The third kappa shape index (κ3) is 3.24. The van der Waals surface area contributed by atoms with Crippen molar-refractivity contribution >= 4 is 15.9 Å². The van der Waals surface area contributed by atoms with Gasteiger partial charge in [0.1, 0.15) is 5.75 Å². The lowest BCUT2D eigenvalue weighted by atomic mass is 10.2. The summed E-state index contributed by atoms with van der Waals surface area (Å²) in [7, 11) is -2.69. The number of rotatable bonds is 4. The molecule has 0 fully saturated rings. The van der Waals surface area contributed by atoms with E-state index in [1.54, 1.807) is 18.2 Å². The van der Waals surface area contributed by atoms with E-state index in [1.807, 2.05) is 10.8 Å². The molecule has 0 saturated heterocycles. The summed E-state index contributed by atoms with van der Waals surface area (Å²) < 4.78 is 31.4. The van der Waals surface area contributed by atoms with Crippen LogP contribution in [0.5, 0.6) is 5.75 Å². The second-order valence-corrected chi connectivity index (χ2v) is 5.96. The zero-order valence-corrected chi connectivity index (χ0v) is 12.4. The molecule has 0 aromatic heterocycles. The van der Waals surface area contributed by atoms with Gasteiger partial charge in [-0.25, -0.2) is 13.1 Å². The second kappa shape index (κ2) is 6.28. The van der Waals surface area contributed by atoms with E-state index in [9.17, 15) is 13.2 Å². The van der Waals surface area contributed by atoms with Crippen molar-refractivity contribution < 1.29 is 17.9 Å². The van der Waals surface area contributed by atoms with Gasteiger partial charge >= 0.3 is 0 Å². The third-order valence-electron chi connectivity index (χ3n) is 2.85. The molecule has 0 bridgehead atoms. The number of amides is 1. The van der Waals surface area contributed by atoms with Crippen LogP contribution in [0.4, 0.5) is 0 Å². The molecule has 0 aliphatic heterocycles. The predicted molar refractivity (Wildman–Crippen MR) is 78.8 cm³/mol. The first-order valence-electron chi connectivity index (χ1n) is 6.18. The van der Waals surface area contributed by atoms with Crippen molar-refractivity contribution in [1.29, 1.82) is 5.26 Å². The van der Waals surface area contributed by atoms with Gasteiger partial charge < -0.3 is 4.74 Å². The molecule has 2 aromatic carbocycles. The van der Waals surface area contributed by atoms with E-state index in [-0.39, 0.29) is 21.8 Å². The van der Waals surface area contributed by atoms with Gasteiger partial charge in [-0.15, -0.1) is 0 Å². The Hall–Kier alpha value is -2.85. The number of carbonyl (C=O) groups excluding carboxylic acids is 1. The van der Waals surface area contributed by atoms with E-state index < -0.39 is 15.9 Å². The Labute approximate surface area is 128 Å². The van der Waals surface area contributed by atoms with Gasteiger partial charge in [0.15, 0.2) is 0 Å². The van der Waals surface area contributed by atoms with Crippen molar-refractivity contribution in [3.63, 3.8) is 0 Å². The lowest BCUT2D eigenvalue weighted by molar-refractivity contribution is 0.0978. The molecule has 0 atom stereocenters. The highest BCUT2D eigenvalue weighted by atomic mass is 32.2. The molecule has 7 heteroatoms. The molecule has 22 heavy (non-hydrogen) atoms. The highest BCUT2D eigenvalue weighted by Gasteiger charge is 2.21. The number of nitrogens with one attached hydrogen (secondary N) is 1. The SMILES string of the molecule is COc1ccccc1C(=O)NS(=O)(=O)c1cccc(C#N)c1. The standard InChI is InChI=1S/C15H12N2O4S/c1-21-14-8-3-2-7-13(14)15(18)17-22(19,20)12-6-4-5-11(9-12)10-16/h2-9H,1H3,(H,17,18). The van der Waals surface area contributed by atoms with Crippen LogP contribution in [-0.4, -0.2) is 21.4 Å². The molecule has 0 saturated carbocycles.